The van der Waals surface area contributed by atoms with Crippen LogP contribution in [0.15, 0.2) is 24.3 Å². The number of hydrogen-bond donors (Lipinski definition) is 1. The average molecular weight is 232 g/mol. The van der Waals surface area contributed by atoms with Gasteiger partial charge in [0.15, 0.2) is 0 Å². The Hall–Kier alpha value is -1.51. The Labute approximate surface area is 103 Å². The number of carbonyl (C=O) groups excluding carboxylic acids is 1. The second-order valence-electron chi connectivity index (χ2n) is 4.95. The van der Waals surface area contributed by atoms with Crippen LogP contribution in [0, 0.1) is 11.8 Å². The van der Waals surface area contributed by atoms with Crippen molar-refractivity contribution in [3.8, 4) is 0 Å². The molecular weight excluding hydrogens is 212 g/mol. The van der Waals surface area contributed by atoms with Crippen LogP contribution in [0.5, 0.6) is 0 Å². The monoisotopic (exact) mass is 232 g/mol. The number of carbonyl (C=O) groups is 1. The lowest BCUT2D eigenvalue weighted by atomic mass is 10.1. The average Bonchev–Trinajstić information content (AvgIpc) is 3.03. The van der Waals surface area contributed by atoms with E-state index in [9.17, 15) is 4.79 Å². The molecule has 0 heterocycles. The third-order valence-electron chi connectivity index (χ3n) is 3.56. The second kappa shape index (κ2) is 4.78. The minimum Gasteiger partial charge on any atom is -0.387 e. The van der Waals surface area contributed by atoms with Crippen LogP contribution < -0.4 is 5.32 Å². The van der Waals surface area contributed by atoms with E-state index in [1.807, 2.05) is 43.3 Å². The van der Waals surface area contributed by atoms with Crippen LogP contribution in [0.3, 0.4) is 0 Å². The Bertz CT molecular complexity index is 416. The van der Waals surface area contributed by atoms with E-state index < -0.39 is 0 Å². The third kappa shape index (κ3) is 2.60. The molecule has 1 aromatic carbocycles. The molecule has 0 spiro atoms. The molecule has 0 saturated heterocycles. The van der Waals surface area contributed by atoms with Crippen LogP contribution in [0.4, 0.5) is 5.69 Å². The molecule has 0 aliphatic heterocycles. The summed E-state index contributed by atoms with van der Waals surface area (Å²) in [4.78, 5) is 14.1. The molecule has 1 aliphatic rings. The van der Waals surface area contributed by atoms with Gasteiger partial charge in [0.2, 0.25) is 0 Å². The third-order valence-corrected chi connectivity index (χ3v) is 3.56. The van der Waals surface area contributed by atoms with Gasteiger partial charge in [-0.3, -0.25) is 4.79 Å². The fraction of sp³-hybridized carbons (Fsp3) is 0.500. The zero-order valence-electron chi connectivity index (χ0n) is 10.7. The Kier molecular flexibility index (Phi) is 3.36. The van der Waals surface area contributed by atoms with Crippen molar-refractivity contribution < 1.29 is 4.79 Å². The van der Waals surface area contributed by atoms with Gasteiger partial charge >= 0.3 is 0 Å². The minimum absolute atomic E-state index is 0.106. The first-order valence-corrected chi connectivity index (χ1v) is 6.15. The van der Waals surface area contributed by atoms with Crippen molar-refractivity contribution in [3.63, 3.8) is 0 Å². The van der Waals surface area contributed by atoms with Gasteiger partial charge in [0.1, 0.15) is 0 Å². The SMILES string of the molecule is CNc1ccccc1C(=O)N(C)CC1CC1C. The molecule has 0 bridgehead atoms. The standard InChI is InChI=1S/C14H20N2O/c1-10-8-11(10)9-16(3)14(17)12-6-4-5-7-13(12)15-2/h4-7,10-11,15H,8-9H2,1-3H3. The fourth-order valence-electron chi connectivity index (χ4n) is 2.18. The summed E-state index contributed by atoms with van der Waals surface area (Å²) in [5.74, 6) is 1.59. The number of nitrogens with zero attached hydrogens (tertiary/aromatic N) is 1. The molecule has 3 heteroatoms. The number of benzene rings is 1. The predicted molar refractivity (Wildman–Crippen MR) is 70.2 cm³/mol. The molecule has 1 amide bonds. The summed E-state index contributed by atoms with van der Waals surface area (Å²) < 4.78 is 0. The molecule has 1 N–H and O–H groups in total. The number of para-hydroxylation sites is 1. The van der Waals surface area contributed by atoms with Gasteiger partial charge in [-0.05, 0) is 30.4 Å². The van der Waals surface area contributed by atoms with Gasteiger partial charge in [0.05, 0.1) is 5.56 Å². The fourth-order valence-corrected chi connectivity index (χ4v) is 2.18. The predicted octanol–water partition coefficient (Wildman–Crippen LogP) is 2.46. The van der Waals surface area contributed by atoms with E-state index in [-0.39, 0.29) is 5.91 Å². The first-order chi connectivity index (χ1) is 8.13. The maximum absolute atomic E-state index is 12.3. The topological polar surface area (TPSA) is 32.3 Å². The smallest absolute Gasteiger partial charge is 0.255 e. The molecule has 92 valence electrons. The van der Waals surface area contributed by atoms with Crippen LogP contribution in [0.1, 0.15) is 23.7 Å². The van der Waals surface area contributed by atoms with E-state index in [2.05, 4.69) is 12.2 Å². The van der Waals surface area contributed by atoms with E-state index in [1.165, 1.54) is 6.42 Å². The van der Waals surface area contributed by atoms with Gasteiger partial charge in [-0.2, -0.15) is 0 Å². The Balaban J connectivity index is 2.07. The molecule has 17 heavy (non-hydrogen) atoms. The number of rotatable bonds is 4. The van der Waals surface area contributed by atoms with E-state index >= 15 is 0 Å². The summed E-state index contributed by atoms with van der Waals surface area (Å²) in [7, 11) is 3.73. The van der Waals surface area contributed by atoms with Gasteiger partial charge in [-0.25, -0.2) is 0 Å². The van der Waals surface area contributed by atoms with Gasteiger partial charge < -0.3 is 10.2 Å². The van der Waals surface area contributed by atoms with Gasteiger partial charge in [0, 0.05) is 26.3 Å². The molecule has 0 aromatic heterocycles. The van der Waals surface area contributed by atoms with Crippen LogP contribution >= 0.6 is 0 Å². The van der Waals surface area contributed by atoms with Crippen LogP contribution in [-0.4, -0.2) is 31.4 Å². The quantitative estimate of drug-likeness (QED) is 0.865. The van der Waals surface area contributed by atoms with Crippen molar-refractivity contribution in [2.45, 2.75) is 13.3 Å². The first kappa shape index (κ1) is 12.0. The van der Waals surface area contributed by atoms with Crippen molar-refractivity contribution in [1.29, 1.82) is 0 Å². The summed E-state index contributed by atoms with van der Waals surface area (Å²) in [6.45, 7) is 3.11. The zero-order valence-corrected chi connectivity index (χ0v) is 10.7. The highest BCUT2D eigenvalue weighted by molar-refractivity contribution is 5.99. The highest BCUT2D eigenvalue weighted by Crippen LogP contribution is 2.38. The first-order valence-electron chi connectivity index (χ1n) is 6.15. The van der Waals surface area contributed by atoms with Gasteiger partial charge in [-0.1, -0.05) is 19.1 Å². The minimum atomic E-state index is 0.106. The van der Waals surface area contributed by atoms with Gasteiger partial charge in [-0.15, -0.1) is 0 Å². The molecule has 2 rings (SSSR count). The Morgan fingerprint density at radius 2 is 2.12 bits per heavy atom. The lowest BCUT2D eigenvalue weighted by Gasteiger charge is -2.18. The number of anilines is 1. The van der Waals surface area contributed by atoms with Crippen molar-refractivity contribution in [1.82, 2.24) is 4.90 Å². The lowest BCUT2D eigenvalue weighted by Crippen LogP contribution is -2.29. The van der Waals surface area contributed by atoms with Crippen LogP contribution in [0.2, 0.25) is 0 Å². The summed E-state index contributed by atoms with van der Waals surface area (Å²) >= 11 is 0. The molecule has 1 saturated carbocycles. The molecule has 1 aromatic rings. The number of hydrogen-bond acceptors (Lipinski definition) is 2. The van der Waals surface area contributed by atoms with E-state index in [1.54, 1.807) is 0 Å². The highest BCUT2D eigenvalue weighted by Gasteiger charge is 2.34. The van der Waals surface area contributed by atoms with E-state index in [4.69, 9.17) is 0 Å². The highest BCUT2D eigenvalue weighted by atomic mass is 16.2. The van der Waals surface area contributed by atoms with E-state index in [0.717, 1.165) is 23.7 Å². The van der Waals surface area contributed by atoms with Crippen molar-refractivity contribution in [2.75, 3.05) is 26.0 Å². The van der Waals surface area contributed by atoms with Crippen molar-refractivity contribution in [2.24, 2.45) is 11.8 Å². The van der Waals surface area contributed by atoms with E-state index in [0.29, 0.717) is 5.92 Å². The summed E-state index contributed by atoms with van der Waals surface area (Å²) in [5.41, 5.74) is 1.65. The normalized spacial score (nSPS) is 22.1. The van der Waals surface area contributed by atoms with Crippen molar-refractivity contribution in [3.05, 3.63) is 29.8 Å². The Morgan fingerprint density at radius 1 is 1.47 bits per heavy atom. The summed E-state index contributed by atoms with van der Waals surface area (Å²) in [6, 6.07) is 7.65. The molecule has 3 nitrogen and oxygen atoms in total. The maximum Gasteiger partial charge on any atom is 0.255 e. The number of amides is 1. The molecule has 2 atom stereocenters. The van der Waals surface area contributed by atoms with Crippen LogP contribution in [-0.2, 0) is 0 Å². The van der Waals surface area contributed by atoms with Crippen LogP contribution in [0.25, 0.3) is 0 Å². The Morgan fingerprint density at radius 3 is 2.71 bits per heavy atom. The molecule has 1 fully saturated rings. The molecular formula is C14H20N2O. The second-order valence-corrected chi connectivity index (χ2v) is 4.95. The lowest BCUT2D eigenvalue weighted by molar-refractivity contribution is 0.0788. The molecule has 0 radical (unpaired) electrons. The molecule has 2 unspecified atom stereocenters. The number of nitrogens with one attached hydrogen (secondary N) is 1. The van der Waals surface area contributed by atoms with Crippen molar-refractivity contribution >= 4 is 11.6 Å². The van der Waals surface area contributed by atoms with Gasteiger partial charge in [0.25, 0.3) is 5.91 Å². The summed E-state index contributed by atoms with van der Waals surface area (Å²) in [5, 5.41) is 3.06. The maximum atomic E-state index is 12.3. The summed E-state index contributed by atoms with van der Waals surface area (Å²) in [6.07, 6.45) is 1.26. The largest absolute Gasteiger partial charge is 0.387 e. The zero-order chi connectivity index (χ0) is 12.4. The molecule has 1 aliphatic carbocycles.